The molecular weight excluding hydrogens is 404 g/mol. The first-order chi connectivity index (χ1) is 15.1. The van der Waals surface area contributed by atoms with Crippen molar-refractivity contribution in [2.24, 2.45) is 0 Å². The molecule has 0 aliphatic carbocycles. The molecule has 4 aromatic rings. The van der Waals surface area contributed by atoms with Gasteiger partial charge in [0.05, 0.1) is 23.3 Å². The predicted molar refractivity (Wildman–Crippen MR) is 108 cm³/mol. The molecule has 154 valence electrons. The number of nitro groups is 1. The lowest BCUT2D eigenvalue weighted by Gasteiger charge is -2.27. The molecule has 0 saturated carbocycles. The van der Waals surface area contributed by atoms with Crippen LogP contribution in [0.2, 0.25) is 0 Å². The fraction of sp³-hybridized carbons (Fsp3) is 0.105. The molecule has 0 saturated heterocycles. The highest BCUT2D eigenvalue weighted by atomic mass is 16.6. The predicted octanol–water partition coefficient (Wildman–Crippen LogP) is 2.03. The second-order valence-electron chi connectivity index (χ2n) is 6.71. The van der Waals surface area contributed by atoms with Gasteiger partial charge in [-0.05, 0) is 28.6 Å². The van der Waals surface area contributed by atoms with Crippen molar-refractivity contribution in [3.05, 3.63) is 80.1 Å². The van der Waals surface area contributed by atoms with Gasteiger partial charge in [-0.3, -0.25) is 14.9 Å². The van der Waals surface area contributed by atoms with E-state index in [1.807, 2.05) is 0 Å². The third kappa shape index (κ3) is 2.88. The van der Waals surface area contributed by atoms with E-state index in [-0.39, 0.29) is 17.3 Å². The first-order valence-electron chi connectivity index (χ1n) is 9.13. The van der Waals surface area contributed by atoms with Crippen molar-refractivity contribution in [3.63, 3.8) is 0 Å². The second kappa shape index (κ2) is 7.02. The fourth-order valence-corrected chi connectivity index (χ4v) is 3.70. The van der Waals surface area contributed by atoms with Crippen LogP contribution >= 0.6 is 0 Å². The molecule has 0 spiro atoms. The van der Waals surface area contributed by atoms with Crippen LogP contribution in [0, 0.1) is 10.1 Å². The Balaban J connectivity index is 1.85. The quantitative estimate of drug-likeness (QED) is 0.329. The molecule has 5 rings (SSSR count). The molecule has 2 aromatic carbocycles. The Morgan fingerprint density at radius 2 is 2.03 bits per heavy atom. The zero-order valence-electron chi connectivity index (χ0n) is 16.0. The minimum atomic E-state index is -0.862. The number of rotatable bonds is 4. The Bertz CT molecular complexity index is 1380. The van der Waals surface area contributed by atoms with Crippen LogP contribution in [0.1, 0.15) is 17.2 Å². The SMILES string of the molecule is COc1cccc(-c2n[nH]c(=O)c3c2[C@H](c2ccccc2[N+](=O)[O-])n2nnnc2N3)c1. The number of benzene rings is 2. The van der Waals surface area contributed by atoms with Gasteiger partial charge in [-0.2, -0.15) is 9.78 Å². The molecule has 31 heavy (non-hydrogen) atoms. The molecule has 0 unspecified atom stereocenters. The van der Waals surface area contributed by atoms with E-state index in [2.05, 4.69) is 31.0 Å². The summed E-state index contributed by atoms with van der Waals surface area (Å²) in [5.74, 6) is 0.775. The number of H-pyrrole nitrogens is 1. The van der Waals surface area contributed by atoms with E-state index in [1.54, 1.807) is 49.6 Å². The molecular formula is C19H14N8O4. The molecule has 1 aliphatic heterocycles. The summed E-state index contributed by atoms with van der Waals surface area (Å²) in [6.45, 7) is 0. The highest BCUT2D eigenvalue weighted by molar-refractivity contribution is 5.76. The summed E-state index contributed by atoms with van der Waals surface area (Å²) in [4.78, 5) is 24.0. The molecule has 1 atom stereocenters. The van der Waals surface area contributed by atoms with Crippen LogP contribution in [0.15, 0.2) is 53.3 Å². The average Bonchev–Trinajstić information content (AvgIpc) is 3.26. The number of aromatic amines is 1. The van der Waals surface area contributed by atoms with Gasteiger partial charge in [0.2, 0.25) is 5.95 Å². The maximum Gasteiger partial charge on any atom is 0.288 e. The number of aromatic nitrogens is 6. The van der Waals surface area contributed by atoms with Gasteiger partial charge in [-0.15, -0.1) is 0 Å². The van der Waals surface area contributed by atoms with Crippen molar-refractivity contribution in [3.8, 4) is 17.0 Å². The molecule has 0 amide bonds. The molecule has 12 nitrogen and oxygen atoms in total. The number of fused-ring (bicyclic) bond motifs is 2. The minimum Gasteiger partial charge on any atom is -0.497 e. The molecule has 12 heteroatoms. The van der Waals surface area contributed by atoms with Crippen molar-refractivity contribution >= 4 is 17.3 Å². The standard InChI is InChI=1S/C19H14N8O4/c1-31-11-6-4-5-10(9-11)15-14-16(18(28)22-21-15)20-19-23-24-25-26(19)17(14)12-7-2-3-8-13(12)27(29)30/h2-9,17H,1H3,(H,22,28)(H,20,23,25)/t17-/m0/s1. The van der Waals surface area contributed by atoms with Gasteiger partial charge >= 0.3 is 0 Å². The summed E-state index contributed by atoms with van der Waals surface area (Å²) >= 11 is 0. The van der Waals surface area contributed by atoms with Gasteiger partial charge in [0.15, 0.2) is 0 Å². The maximum absolute atomic E-state index is 12.7. The van der Waals surface area contributed by atoms with Gasteiger partial charge in [-0.25, -0.2) is 5.10 Å². The average molecular weight is 418 g/mol. The van der Waals surface area contributed by atoms with Crippen LogP contribution in [0.25, 0.3) is 11.3 Å². The molecule has 0 radical (unpaired) electrons. The minimum absolute atomic E-state index is 0.126. The fourth-order valence-electron chi connectivity index (χ4n) is 3.70. The number of anilines is 2. The van der Waals surface area contributed by atoms with E-state index in [0.29, 0.717) is 28.1 Å². The van der Waals surface area contributed by atoms with Crippen LogP contribution in [0.4, 0.5) is 17.3 Å². The van der Waals surface area contributed by atoms with E-state index in [1.165, 1.54) is 10.7 Å². The van der Waals surface area contributed by atoms with Crippen LogP contribution in [0.3, 0.4) is 0 Å². The third-order valence-corrected chi connectivity index (χ3v) is 5.04. The molecule has 2 N–H and O–H groups in total. The number of nitro benzene ring substituents is 1. The number of hydrogen-bond acceptors (Lipinski definition) is 9. The normalized spacial score (nSPS) is 14.3. The third-order valence-electron chi connectivity index (χ3n) is 5.04. The number of para-hydroxylation sites is 1. The van der Waals surface area contributed by atoms with Crippen molar-refractivity contribution in [2.45, 2.75) is 6.04 Å². The monoisotopic (exact) mass is 418 g/mol. The Morgan fingerprint density at radius 1 is 1.19 bits per heavy atom. The number of nitrogens with zero attached hydrogens (tertiary/aromatic N) is 6. The van der Waals surface area contributed by atoms with Gasteiger partial charge < -0.3 is 10.1 Å². The summed E-state index contributed by atoms with van der Waals surface area (Å²) in [6, 6.07) is 12.5. The van der Waals surface area contributed by atoms with Gasteiger partial charge in [0.25, 0.3) is 11.2 Å². The van der Waals surface area contributed by atoms with Crippen molar-refractivity contribution in [1.82, 2.24) is 30.4 Å². The Labute approximate surface area is 173 Å². The molecule has 3 heterocycles. The Kier molecular flexibility index (Phi) is 4.17. The smallest absolute Gasteiger partial charge is 0.288 e. The molecule has 1 aliphatic rings. The van der Waals surface area contributed by atoms with E-state index in [4.69, 9.17) is 4.74 Å². The zero-order valence-corrected chi connectivity index (χ0v) is 16.0. The highest BCUT2D eigenvalue weighted by Gasteiger charge is 2.37. The molecule has 0 bridgehead atoms. The van der Waals surface area contributed by atoms with Crippen LogP contribution in [-0.4, -0.2) is 42.4 Å². The van der Waals surface area contributed by atoms with Gasteiger partial charge in [-0.1, -0.05) is 29.4 Å². The Morgan fingerprint density at radius 3 is 2.84 bits per heavy atom. The van der Waals surface area contributed by atoms with Gasteiger partial charge in [0.1, 0.15) is 17.5 Å². The number of methoxy groups -OCH3 is 1. The first-order valence-corrected chi connectivity index (χ1v) is 9.13. The lowest BCUT2D eigenvalue weighted by molar-refractivity contribution is -0.385. The van der Waals surface area contributed by atoms with E-state index >= 15 is 0 Å². The largest absolute Gasteiger partial charge is 0.497 e. The zero-order chi connectivity index (χ0) is 21.5. The van der Waals surface area contributed by atoms with Crippen LogP contribution < -0.4 is 15.6 Å². The maximum atomic E-state index is 12.7. The van der Waals surface area contributed by atoms with E-state index in [0.717, 1.165) is 0 Å². The molecule has 2 aromatic heterocycles. The number of hydrogen-bond donors (Lipinski definition) is 2. The highest BCUT2D eigenvalue weighted by Crippen LogP contribution is 2.43. The van der Waals surface area contributed by atoms with Crippen LogP contribution in [-0.2, 0) is 0 Å². The second-order valence-corrected chi connectivity index (χ2v) is 6.71. The van der Waals surface area contributed by atoms with Crippen LogP contribution in [0.5, 0.6) is 5.75 Å². The number of ether oxygens (including phenoxy) is 1. The van der Waals surface area contributed by atoms with Crippen molar-refractivity contribution in [1.29, 1.82) is 0 Å². The number of nitrogens with one attached hydrogen (secondary N) is 2. The summed E-state index contributed by atoms with van der Waals surface area (Å²) < 4.78 is 6.71. The van der Waals surface area contributed by atoms with Gasteiger partial charge in [0, 0.05) is 17.2 Å². The molecule has 0 fully saturated rings. The topological polar surface area (TPSA) is 154 Å². The van der Waals surface area contributed by atoms with Crippen molar-refractivity contribution < 1.29 is 9.66 Å². The van der Waals surface area contributed by atoms with E-state index < -0.39 is 16.5 Å². The Hall–Kier alpha value is -4.61. The summed E-state index contributed by atoms with van der Waals surface area (Å²) in [7, 11) is 1.54. The van der Waals surface area contributed by atoms with Crippen molar-refractivity contribution in [2.75, 3.05) is 12.4 Å². The number of tetrazole rings is 1. The van der Waals surface area contributed by atoms with E-state index in [9.17, 15) is 14.9 Å². The summed E-state index contributed by atoms with van der Waals surface area (Å²) in [5.41, 5.74) is 1.32. The summed E-state index contributed by atoms with van der Waals surface area (Å²) in [6.07, 6.45) is 0. The lowest BCUT2D eigenvalue weighted by Crippen LogP contribution is -2.29. The lowest BCUT2D eigenvalue weighted by atomic mass is 9.91. The summed E-state index contributed by atoms with van der Waals surface area (Å²) in [5, 5.41) is 33.0. The first kappa shape index (κ1) is 18.4.